The summed E-state index contributed by atoms with van der Waals surface area (Å²) in [5.74, 6) is 0.600. The van der Waals surface area contributed by atoms with Crippen LogP contribution in [-0.2, 0) is 9.84 Å². The second-order valence-corrected chi connectivity index (χ2v) is 6.40. The Morgan fingerprint density at radius 2 is 1.92 bits per heavy atom. The van der Waals surface area contributed by atoms with Crippen LogP contribution >= 0.6 is 0 Å². The Hall–Kier alpha value is -0.0900. The Labute approximate surface area is 80.6 Å². The third-order valence-electron chi connectivity index (χ3n) is 2.94. The van der Waals surface area contributed by atoms with E-state index in [9.17, 15) is 8.42 Å². The van der Waals surface area contributed by atoms with E-state index in [-0.39, 0.29) is 11.8 Å². The summed E-state index contributed by atoms with van der Waals surface area (Å²) in [4.78, 5) is 0. The van der Waals surface area contributed by atoms with Gasteiger partial charge in [0.05, 0.1) is 5.25 Å². The molecule has 0 bridgehead atoms. The highest BCUT2D eigenvalue weighted by molar-refractivity contribution is 7.91. The van der Waals surface area contributed by atoms with Gasteiger partial charge in [0.2, 0.25) is 0 Å². The van der Waals surface area contributed by atoms with Gasteiger partial charge in [-0.2, -0.15) is 0 Å². The number of hydrogen-bond acceptors (Lipinski definition) is 3. The van der Waals surface area contributed by atoms with E-state index in [1.54, 1.807) is 0 Å². The van der Waals surface area contributed by atoms with Crippen LogP contribution in [0.3, 0.4) is 0 Å². The van der Waals surface area contributed by atoms with Crippen molar-refractivity contribution in [3.63, 3.8) is 0 Å². The Morgan fingerprint density at radius 1 is 1.38 bits per heavy atom. The second kappa shape index (κ2) is 4.42. The number of hydrogen-bond donors (Lipinski definition) is 1. The van der Waals surface area contributed by atoms with Crippen molar-refractivity contribution in [1.82, 2.24) is 0 Å². The molecule has 1 fully saturated rings. The van der Waals surface area contributed by atoms with Crippen molar-refractivity contribution >= 4 is 9.84 Å². The molecule has 78 valence electrons. The van der Waals surface area contributed by atoms with Gasteiger partial charge in [0.25, 0.3) is 0 Å². The molecule has 1 unspecified atom stereocenters. The molecule has 0 aliphatic heterocycles. The fraction of sp³-hybridized carbons (Fsp3) is 1.00. The van der Waals surface area contributed by atoms with Gasteiger partial charge in [-0.3, -0.25) is 0 Å². The summed E-state index contributed by atoms with van der Waals surface area (Å²) in [5.41, 5.74) is 5.46. The maximum atomic E-state index is 11.3. The van der Waals surface area contributed by atoms with Gasteiger partial charge in [-0.05, 0) is 12.3 Å². The molecule has 3 nitrogen and oxygen atoms in total. The van der Waals surface area contributed by atoms with Crippen LogP contribution in [0.4, 0.5) is 0 Å². The minimum Gasteiger partial charge on any atom is -0.329 e. The molecule has 1 aliphatic carbocycles. The molecule has 1 atom stereocenters. The fourth-order valence-electron chi connectivity index (χ4n) is 2.06. The zero-order chi connectivity index (χ0) is 9.90. The molecule has 4 heteroatoms. The maximum absolute atomic E-state index is 11.3. The van der Waals surface area contributed by atoms with Gasteiger partial charge in [-0.1, -0.05) is 25.7 Å². The molecule has 1 rings (SSSR count). The van der Waals surface area contributed by atoms with E-state index < -0.39 is 9.84 Å². The molecule has 1 aliphatic rings. The summed E-state index contributed by atoms with van der Waals surface area (Å²) in [5, 5.41) is -0.310. The van der Waals surface area contributed by atoms with Crippen LogP contribution < -0.4 is 5.73 Å². The molecular weight excluding hydrogens is 186 g/mol. The van der Waals surface area contributed by atoms with E-state index in [0.29, 0.717) is 5.92 Å². The van der Waals surface area contributed by atoms with E-state index in [1.165, 1.54) is 31.9 Å². The Bertz CT molecular complexity index is 242. The van der Waals surface area contributed by atoms with Crippen molar-refractivity contribution in [2.24, 2.45) is 11.7 Å². The summed E-state index contributed by atoms with van der Waals surface area (Å²) in [6.07, 6.45) is 6.95. The highest BCUT2D eigenvalue weighted by Crippen LogP contribution is 2.29. The van der Waals surface area contributed by atoms with Crippen LogP contribution in [-0.4, -0.2) is 26.5 Å². The predicted molar refractivity (Wildman–Crippen MR) is 54.3 cm³/mol. The third-order valence-corrected chi connectivity index (χ3v) is 4.54. The topological polar surface area (TPSA) is 60.2 Å². The quantitative estimate of drug-likeness (QED) is 0.743. The van der Waals surface area contributed by atoms with Crippen LogP contribution in [0.15, 0.2) is 0 Å². The van der Waals surface area contributed by atoms with E-state index >= 15 is 0 Å². The normalized spacial score (nSPS) is 22.0. The first-order chi connectivity index (χ1) is 6.04. The summed E-state index contributed by atoms with van der Waals surface area (Å²) < 4.78 is 22.5. The minimum absolute atomic E-state index is 0.273. The van der Waals surface area contributed by atoms with Gasteiger partial charge in [-0.25, -0.2) is 8.42 Å². The van der Waals surface area contributed by atoms with Crippen molar-refractivity contribution in [2.75, 3.05) is 12.8 Å². The molecule has 1 saturated carbocycles. The largest absolute Gasteiger partial charge is 0.329 e. The number of sulfone groups is 1. The van der Waals surface area contributed by atoms with Gasteiger partial charge in [-0.15, -0.1) is 0 Å². The van der Waals surface area contributed by atoms with Crippen molar-refractivity contribution < 1.29 is 8.42 Å². The van der Waals surface area contributed by atoms with E-state index in [4.69, 9.17) is 5.73 Å². The van der Waals surface area contributed by atoms with Crippen molar-refractivity contribution in [1.29, 1.82) is 0 Å². The predicted octanol–water partition coefficient (Wildman–Crippen LogP) is 0.939. The lowest BCUT2D eigenvalue weighted by molar-refractivity contribution is 0.478. The molecule has 0 spiro atoms. The van der Waals surface area contributed by atoms with Gasteiger partial charge >= 0.3 is 0 Å². The lowest BCUT2D eigenvalue weighted by Gasteiger charge is -2.16. The molecule has 0 radical (unpaired) electrons. The van der Waals surface area contributed by atoms with Crippen molar-refractivity contribution in [2.45, 2.75) is 37.4 Å². The zero-order valence-electron chi connectivity index (χ0n) is 8.20. The highest BCUT2D eigenvalue weighted by Gasteiger charge is 2.25. The molecule has 2 N–H and O–H groups in total. The summed E-state index contributed by atoms with van der Waals surface area (Å²) in [6, 6.07) is 0. The van der Waals surface area contributed by atoms with E-state index in [1.807, 2.05) is 0 Å². The lowest BCUT2D eigenvalue weighted by atomic mass is 10.0. The summed E-state index contributed by atoms with van der Waals surface area (Å²) in [6.45, 7) is 0.273. The van der Waals surface area contributed by atoms with Gasteiger partial charge in [0, 0.05) is 12.8 Å². The Balaban J connectivity index is 2.48. The number of rotatable bonds is 4. The van der Waals surface area contributed by atoms with Crippen molar-refractivity contribution in [3.05, 3.63) is 0 Å². The smallest absolute Gasteiger partial charge is 0.151 e. The first-order valence-electron chi connectivity index (χ1n) is 4.93. The first-order valence-corrected chi connectivity index (χ1v) is 6.88. The average molecular weight is 205 g/mol. The molecular formula is C9H19NO2S. The minimum atomic E-state index is -2.93. The molecule has 0 heterocycles. The van der Waals surface area contributed by atoms with Crippen molar-refractivity contribution in [3.8, 4) is 0 Å². The Kier molecular flexibility index (Phi) is 3.74. The fourth-order valence-corrected chi connectivity index (χ4v) is 3.03. The van der Waals surface area contributed by atoms with Crippen LogP contribution in [0, 0.1) is 5.92 Å². The second-order valence-electron chi connectivity index (χ2n) is 4.07. The monoisotopic (exact) mass is 205 g/mol. The van der Waals surface area contributed by atoms with Gasteiger partial charge in [0.15, 0.2) is 9.84 Å². The van der Waals surface area contributed by atoms with E-state index in [0.717, 1.165) is 6.42 Å². The number of nitrogens with two attached hydrogens (primary N) is 1. The Morgan fingerprint density at radius 3 is 2.31 bits per heavy atom. The lowest BCUT2D eigenvalue weighted by Crippen LogP contribution is -2.30. The third kappa shape index (κ3) is 3.27. The molecule has 0 aromatic heterocycles. The van der Waals surface area contributed by atoms with Crippen LogP contribution in [0.2, 0.25) is 0 Å². The average Bonchev–Trinajstić information content (AvgIpc) is 2.49. The standard InChI is InChI=1S/C9H19NO2S/c1-13(11,12)9(7-10)6-8-4-2-3-5-8/h8-9H,2-7,10H2,1H3. The van der Waals surface area contributed by atoms with Crippen LogP contribution in [0.5, 0.6) is 0 Å². The van der Waals surface area contributed by atoms with Crippen LogP contribution in [0.25, 0.3) is 0 Å². The highest BCUT2D eigenvalue weighted by atomic mass is 32.2. The summed E-state index contributed by atoms with van der Waals surface area (Å²) in [7, 11) is -2.93. The van der Waals surface area contributed by atoms with E-state index in [2.05, 4.69) is 0 Å². The molecule has 0 aromatic rings. The van der Waals surface area contributed by atoms with Gasteiger partial charge < -0.3 is 5.73 Å². The summed E-state index contributed by atoms with van der Waals surface area (Å²) >= 11 is 0. The molecule has 13 heavy (non-hydrogen) atoms. The molecule has 0 saturated heterocycles. The zero-order valence-corrected chi connectivity index (χ0v) is 9.02. The maximum Gasteiger partial charge on any atom is 0.151 e. The first kappa shape index (κ1) is 11.0. The molecule has 0 aromatic carbocycles. The van der Waals surface area contributed by atoms with Gasteiger partial charge in [0.1, 0.15) is 0 Å². The van der Waals surface area contributed by atoms with Crippen LogP contribution in [0.1, 0.15) is 32.1 Å². The SMILES string of the molecule is CS(=O)(=O)C(CN)CC1CCCC1. The molecule has 0 amide bonds.